The predicted octanol–water partition coefficient (Wildman–Crippen LogP) is 1.75. The van der Waals surface area contributed by atoms with Gasteiger partial charge in [0.1, 0.15) is 6.04 Å². The summed E-state index contributed by atoms with van der Waals surface area (Å²) in [6, 6.07) is 12.5. The minimum absolute atomic E-state index is 0.0228. The van der Waals surface area contributed by atoms with Crippen molar-refractivity contribution in [1.82, 2.24) is 10.0 Å². The zero-order chi connectivity index (χ0) is 22.0. The molecule has 0 unspecified atom stereocenters. The summed E-state index contributed by atoms with van der Waals surface area (Å²) in [4.78, 5) is 12.7. The Morgan fingerprint density at radius 1 is 1.00 bits per heavy atom. The number of nitrogens with one attached hydrogen (secondary N) is 2. The van der Waals surface area contributed by atoms with Gasteiger partial charge in [0.05, 0.1) is 19.1 Å². The van der Waals surface area contributed by atoms with Crippen molar-refractivity contribution in [1.29, 1.82) is 0 Å². The number of rotatable bonds is 12. The van der Waals surface area contributed by atoms with E-state index in [9.17, 15) is 13.2 Å². The maximum absolute atomic E-state index is 13.0. The lowest BCUT2D eigenvalue weighted by Gasteiger charge is -2.19. The monoisotopic (exact) mass is 436 g/mol. The zero-order valence-corrected chi connectivity index (χ0v) is 18.2. The van der Waals surface area contributed by atoms with E-state index in [4.69, 9.17) is 14.2 Å². The SMILES string of the molecule is COCCCNC(=O)[C@H](Cc1ccccc1)NS(=O)(=O)c1ccc(OC)c(OC)c1. The van der Waals surface area contributed by atoms with E-state index < -0.39 is 22.0 Å². The zero-order valence-electron chi connectivity index (χ0n) is 17.4. The second-order valence-electron chi connectivity index (χ2n) is 6.52. The van der Waals surface area contributed by atoms with Crippen LogP contribution in [0.15, 0.2) is 53.4 Å². The lowest BCUT2D eigenvalue weighted by molar-refractivity contribution is -0.122. The average Bonchev–Trinajstić information content (AvgIpc) is 2.76. The topological polar surface area (TPSA) is 103 Å². The number of methoxy groups -OCH3 is 3. The van der Waals surface area contributed by atoms with Crippen LogP contribution in [-0.4, -0.2) is 54.8 Å². The standard InChI is InChI=1S/C21H28N2O6S/c1-27-13-7-12-22-21(24)18(14-16-8-5-4-6-9-16)23-30(25,26)17-10-11-19(28-2)20(15-17)29-3/h4-6,8-11,15,18,23H,7,12-14H2,1-3H3,(H,22,24)/t18-/m0/s1. The molecule has 0 fully saturated rings. The number of hydrogen-bond acceptors (Lipinski definition) is 6. The second-order valence-corrected chi connectivity index (χ2v) is 8.23. The molecule has 2 aromatic rings. The molecule has 0 aliphatic rings. The van der Waals surface area contributed by atoms with Crippen molar-refractivity contribution in [3.8, 4) is 11.5 Å². The van der Waals surface area contributed by atoms with E-state index in [0.29, 0.717) is 25.3 Å². The molecule has 0 bridgehead atoms. The van der Waals surface area contributed by atoms with Crippen LogP contribution in [0.3, 0.4) is 0 Å². The molecule has 8 nitrogen and oxygen atoms in total. The third-order valence-electron chi connectivity index (χ3n) is 4.39. The highest BCUT2D eigenvalue weighted by atomic mass is 32.2. The number of benzene rings is 2. The van der Waals surface area contributed by atoms with Crippen LogP contribution in [0.1, 0.15) is 12.0 Å². The Hall–Kier alpha value is -2.62. The molecule has 1 amide bonds. The maximum atomic E-state index is 13.0. The summed E-state index contributed by atoms with van der Waals surface area (Å²) < 4.78 is 43.8. The number of amides is 1. The molecule has 0 saturated carbocycles. The van der Waals surface area contributed by atoms with Crippen molar-refractivity contribution in [2.75, 3.05) is 34.5 Å². The molecular formula is C21H28N2O6S. The molecule has 0 spiro atoms. The Kier molecular flexibility index (Phi) is 9.10. The van der Waals surface area contributed by atoms with Gasteiger partial charge in [-0.3, -0.25) is 4.79 Å². The van der Waals surface area contributed by atoms with Gasteiger partial charge in [-0.25, -0.2) is 8.42 Å². The van der Waals surface area contributed by atoms with Crippen LogP contribution in [-0.2, 0) is 26.0 Å². The quantitative estimate of drug-likeness (QED) is 0.492. The van der Waals surface area contributed by atoms with Gasteiger partial charge in [-0.05, 0) is 30.5 Å². The van der Waals surface area contributed by atoms with Crippen molar-refractivity contribution in [2.45, 2.75) is 23.8 Å². The van der Waals surface area contributed by atoms with Crippen molar-refractivity contribution < 1.29 is 27.4 Å². The summed E-state index contributed by atoms with van der Waals surface area (Å²) in [6.45, 7) is 0.886. The van der Waals surface area contributed by atoms with Crippen LogP contribution in [0, 0.1) is 0 Å². The highest BCUT2D eigenvalue weighted by molar-refractivity contribution is 7.89. The molecule has 9 heteroatoms. The summed E-state index contributed by atoms with van der Waals surface area (Å²) in [5.41, 5.74) is 0.838. The predicted molar refractivity (Wildman–Crippen MR) is 113 cm³/mol. The number of carbonyl (C=O) groups is 1. The van der Waals surface area contributed by atoms with Gasteiger partial charge in [-0.2, -0.15) is 4.72 Å². The normalized spacial score (nSPS) is 12.2. The molecule has 2 N–H and O–H groups in total. The van der Waals surface area contributed by atoms with Crippen LogP contribution in [0.5, 0.6) is 11.5 Å². The molecule has 0 aliphatic heterocycles. The Labute approximate surface area is 177 Å². The number of sulfonamides is 1. The van der Waals surface area contributed by atoms with E-state index >= 15 is 0 Å². The molecule has 2 rings (SSSR count). The molecule has 0 radical (unpaired) electrons. The molecule has 30 heavy (non-hydrogen) atoms. The third-order valence-corrected chi connectivity index (χ3v) is 5.86. The Bertz CT molecular complexity index is 918. The van der Waals surface area contributed by atoms with Gasteiger partial charge < -0.3 is 19.5 Å². The molecule has 2 aromatic carbocycles. The van der Waals surface area contributed by atoms with Gasteiger partial charge in [-0.1, -0.05) is 30.3 Å². The Balaban J connectivity index is 2.23. The minimum atomic E-state index is -3.99. The van der Waals surface area contributed by atoms with Crippen LogP contribution < -0.4 is 19.5 Å². The van der Waals surface area contributed by atoms with Crippen LogP contribution >= 0.6 is 0 Å². The minimum Gasteiger partial charge on any atom is -0.493 e. The molecule has 164 valence electrons. The highest BCUT2D eigenvalue weighted by Crippen LogP contribution is 2.29. The first-order chi connectivity index (χ1) is 14.4. The third kappa shape index (κ3) is 6.72. The van der Waals surface area contributed by atoms with Gasteiger partial charge in [0.15, 0.2) is 11.5 Å². The van der Waals surface area contributed by atoms with Crippen LogP contribution in [0.2, 0.25) is 0 Å². The van der Waals surface area contributed by atoms with Crippen LogP contribution in [0.25, 0.3) is 0 Å². The smallest absolute Gasteiger partial charge is 0.241 e. The number of carbonyl (C=O) groups excluding carboxylic acids is 1. The van der Waals surface area contributed by atoms with Crippen molar-refractivity contribution >= 4 is 15.9 Å². The van der Waals surface area contributed by atoms with E-state index in [2.05, 4.69) is 10.0 Å². The summed E-state index contributed by atoms with van der Waals surface area (Å²) in [6.07, 6.45) is 0.839. The van der Waals surface area contributed by atoms with Crippen molar-refractivity contribution in [3.05, 3.63) is 54.1 Å². The Morgan fingerprint density at radius 2 is 1.70 bits per heavy atom. The van der Waals surface area contributed by atoms with E-state index in [1.54, 1.807) is 7.11 Å². The lowest BCUT2D eigenvalue weighted by Crippen LogP contribution is -2.48. The lowest BCUT2D eigenvalue weighted by atomic mass is 10.1. The fourth-order valence-electron chi connectivity index (χ4n) is 2.83. The Morgan fingerprint density at radius 3 is 2.33 bits per heavy atom. The average molecular weight is 437 g/mol. The van der Waals surface area contributed by atoms with E-state index in [1.807, 2.05) is 30.3 Å². The summed E-state index contributed by atoms with van der Waals surface area (Å²) >= 11 is 0. The molecule has 0 aliphatic carbocycles. The van der Waals surface area contributed by atoms with Crippen LogP contribution in [0.4, 0.5) is 0 Å². The van der Waals surface area contributed by atoms with Gasteiger partial charge in [0.2, 0.25) is 15.9 Å². The summed E-state index contributed by atoms with van der Waals surface area (Å²) in [7, 11) is 0.482. The van der Waals surface area contributed by atoms with Gasteiger partial charge >= 0.3 is 0 Å². The number of ether oxygens (including phenoxy) is 3. The first-order valence-electron chi connectivity index (χ1n) is 9.46. The number of hydrogen-bond donors (Lipinski definition) is 2. The summed E-state index contributed by atoms with van der Waals surface area (Å²) in [5, 5.41) is 2.76. The molecule has 0 aromatic heterocycles. The van der Waals surface area contributed by atoms with E-state index in [0.717, 1.165) is 5.56 Å². The maximum Gasteiger partial charge on any atom is 0.241 e. The molecule has 1 atom stereocenters. The molecule has 0 saturated heterocycles. The van der Waals surface area contributed by atoms with Crippen molar-refractivity contribution in [3.63, 3.8) is 0 Å². The first kappa shape index (κ1) is 23.7. The largest absolute Gasteiger partial charge is 0.493 e. The molecular weight excluding hydrogens is 408 g/mol. The van der Waals surface area contributed by atoms with Gasteiger partial charge in [0, 0.05) is 26.3 Å². The van der Waals surface area contributed by atoms with Gasteiger partial charge in [-0.15, -0.1) is 0 Å². The molecule has 0 heterocycles. The fourth-order valence-corrected chi connectivity index (χ4v) is 4.04. The fraction of sp³-hybridized carbons (Fsp3) is 0.381. The highest BCUT2D eigenvalue weighted by Gasteiger charge is 2.26. The van der Waals surface area contributed by atoms with Crippen molar-refractivity contribution in [2.24, 2.45) is 0 Å². The summed E-state index contributed by atoms with van der Waals surface area (Å²) in [5.74, 6) is 0.288. The van der Waals surface area contributed by atoms with Gasteiger partial charge in [0.25, 0.3) is 0 Å². The van der Waals surface area contributed by atoms with E-state index in [-0.39, 0.29) is 17.1 Å². The first-order valence-corrected chi connectivity index (χ1v) is 10.9. The second kappa shape index (κ2) is 11.5. The van der Waals surface area contributed by atoms with E-state index in [1.165, 1.54) is 32.4 Å².